The fraction of sp³-hybridized carbons (Fsp3) is 0.538. The van der Waals surface area contributed by atoms with E-state index in [9.17, 15) is 9.50 Å². The predicted molar refractivity (Wildman–Crippen MR) is 62.9 cm³/mol. The van der Waals surface area contributed by atoms with Crippen molar-refractivity contribution in [1.82, 2.24) is 0 Å². The first kappa shape index (κ1) is 11.4. The molecule has 0 amide bonds. The normalized spacial score (nSPS) is 19.1. The summed E-state index contributed by atoms with van der Waals surface area (Å²) < 4.78 is 13.5. The molecule has 16 heavy (non-hydrogen) atoms. The van der Waals surface area contributed by atoms with E-state index in [1.807, 2.05) is 6.07 Å². The van der Waals surface area contributed by atoms with E-state index in [-0.39, 0.29) is 17.8 Å². The SMILES string of the molecule is CC1(C)CCN(c2cccc(F)c2CO)C1. The summed E-state index contributed by atoms with van der Waals surface area (Å²) >= 11 is 0. The van der Waals surface area contributed by atoms with Gasteiger partial charge >= 0.3 is 0 Å². The molecular formula is C13H18FNO. The highest BCUT2D eigenvalue weighted by Crippen LogP contribution is 2.34. The average Bonchev–Trinajstić information content (AvgIpc) is 2.58. The molecule has 88 valence electrons. The first-order chi connectivity index (χ1) is 7.53. The number of rotatable bonds is 2. The van der Waals surface area contributed by atoms with Crippen LogP contribution in [0.5, 0.6) is 0 Å². The topological polar surface area (TPSA) is 23.5 Å². The van der Waals surface area contributed by atoms with Crippen molar-refractivity contribution >= 4 is 5.69 Å². The average molecular weight is 223 g/mol. The summed E-state index contributed by atoms with van der Waals surface area (Å²) in [6, 6.07) is 4.99. The highest BCUT2D eigenvalue weighted by molar-refractivity contribution is 5.55. The van der Waals surface area contributed by atoms with E-state index in [0.29, 0.717) is 5.56 Å². The highest BCUT2D eigenvalue weighted by atomic mass is 19.1. The lowest BCUT2D eigenvalue weighted by Gasteiger charge is -2.23. The van der Waals surface area contributed by atoms with Gasteiger partial charge in [0.15, 0.2) is 0 Å². The quantitative estimate of drug-likeness (QED) is 0.833. The zero-order chi connectivity index (χ0) is 11.8. The lowest BCUT2D eigenvalue weighted by atomic mass is 9.93. The zero-order valence-corrected chi connectivity index (χ0v) is 9.83. The third-order valence-electron chi connectivity index (χ3n) is 3.27. The second-order valence-electron chi connectivity index (χ2n) is 5.23. The van der Waals surface area contributed by atoms with E-state index in [1.165, 1.54) is 6.07 Å². The fourth-order valence-electron chi connectivity index (χ4n) is 2.32. The molecule has 1 fully saturated rings. The van der Waals surface area contributed by atoms with E-state index >= 15 is 0 Å². The Balaban J connectivity index is 2.31. The number of nitrogens with zero attached hydrogens (tertiary/aromatic N) is 1. The van der Waals surface area contributed by atoms with Gasteiger partial charge < -0.3 is 10.0 Å². The molecule has 1 aromatic rings. The summed E-state index contributed by atoms with van der Waals surface area (Å²) in [7, 11) is 0. The summed E-state index contributed by atoms with van der Waals surface area (Å²) in [6.45, 7) is 6.04. The molecule has 1 N–H and O–H groups in total. The van der Waals surface area contributed by atoms with Crippen molar-refractivity contribution in [3.8, 4) is 0 Å². The standard InChI is InChI=1S/C13H18FNO/c1-13(2)6-7-15(9-13)12-5-3-4-11(14)10(12)8-16/h3-5,16H,6-9H2,1-2H3. The summed E-state index contributed by atoms with van der Waals surface area (Å²) in [6.07, 6.45) is 1.11. The Bertz CT molecular complexity index is 390. The van der Waals surface area contributed by atoms with Crippen LogP contribution in [0.1, 0.15) is 25.8 Å². The van der Waals surface area contributed by atoms with Gasteiger partial charge in [0.25, 0.3) is 0 Å². The van der Waals surface area contributed by atoms with Crippen LogP contribution in [0.25, 0.3) is 0 Å². The molecular weight excluding hydrogens is 205 g/mol. The Labute approximate surface area is 95.7 Å². The summed E-state index contributed by atoms with van der Waals surface area (Å²) in [5.74, 6) is -0.315. The minimum absolute atomic E-state index is 0.237. The second-order valence-corrected chi connectivity index (χ2v) is 5.23. The van der Waals surface area contributed by atoms with Gasteiger partial charge in [-0.15, -0.1) is 0 Å². The highest BCUT2D eigenvalue weighted by Gasteiger charge is 2.30. The molecule has 0 radical (unpaired) electrons. The van der Waals surface area contributed by atoms with Gasteiger partial charge in [0.1, 0.15) is 5.82 Å². The minimum atomic E-state index is -0.315. The van der Waals surface area contributed by atoms with Gasteiger partial charge in [0.05, 0.1) is 6.61 Å². The van der Waals surface area contributed by atoms with E-state index in [4.69, 9.17) is 0 Å². The molecule has 0 unspecified atom stereocenters. The van der Waals surface area contributed by atoms with Crippen molar-refractivity contribution in [3.63, 3.8) is 0 Å². The summed E-state index contributed by atoms with van der Waals surface area (Å²) in [5, 5.41) is 9.22. The van der Waals surface area contributed by atoms with E-state index < -0.39 is 0 Å². The third kappa shape index (κ3) is 2.05. The fourth-order valence-corrected chi connectivity index (χ4v) is 2.32. The Morgan fingerprint density at radius 3 is 2.75 bits per heavy atom. The van der Waals surface area contributed by atoms with Gasteiger partial charge in [-0.2, -0.15) is 0 Å². The first-order valence-electron chi connectivity index (χ1n) is 5.67. The van der Waals surface area contributed by atoms with Crippen LogP contribution in [-0.4, -0.2) is 18.2 Å². The largest absolute Gasteiger partial charge is 0.391 e. The molecule has 1 heterocycles. The van der Waals surface area contributed by atoms with Crippen molar-refractivity contribution in [1.29, 1.82) is 0 Å². The molecule has 3 heteroatoms. The number of hydrogen-bond acceptors (Lipinski definition) is 2. The maximum absolute atomic E-state index is 13.5. The molecule has 0 atom stereocenters. The van der Waals surface area contributed by atoms with E-state index in [2.05, 4.69) is 18.7 Å². The lowest BCUT2D eigenvalue weighted by molar-refractivity contribution is 0.276. The predicted octanol–water partition coefficient (Wildman–Crippen LogP) is 2.55. The number of halogens is 1. The molecule has 1 aliphatic rings. The number of benzene rings is 1. The third-order valence-corrected chi connectivity index (χ3v) is 3.27. The van der Waals surface area contributed by atoms with Crippen LogP contribution in [0.15, 0.2) is 18.2 Å². The van der Waals surface area contributed by atoms with E-state index in [1.54, 1.807) is 6.07 Å². The van der Waals surface area contributed by atoms with Gasteiger partial charge in [-0.25, -0.2) is 4.39 Å². The van der Waals surface area contributed by atoms with Crippen molar-refractivity contribution < 1.29 is 9.50 Å². The monoisotopic (exact) mass is 223 g/mol. The summed E-state index contributed by atoms with van der Waals surface area (Å²) in [4.78, 5) is 2.16. The molecule has 2 rings (SSSR count). The smallest absolute Gasteiger partial charge is 0.130 e. The molecule has 0 bridgehead atoms. The number of anilines is 1. The molecule has 0 saturated carbocycles. The molecule has 2 nitrogen and oxygen atoms in total. The Morgan fingerprint density at radius 1 is 1.44 bits per heavy atom. The number of hydrogen-bond donors (Lipinski definition) is 1. The molecule has 0 aromatic heterocycles. The maximum atomic E-state index is 13.5. The van der Waals surface area contributed by atoms with E-state index in [0.717, 1.165) is 25.2 Å². The van der Waals surface area contributed by atoms with Crippen molar-refractivity contribution in [2.45, 2.75) is 26.9 Å². The van der Waals surface area contributed by atoms with Crippen molar-refractivity contribution in [2.24, 2.45) is 5.41 Å². The van der Waals surface area contributed by atoms with Crippen LogP contribution >= 0.6 is 0 Å². The Kier molecular flexibility index (Phi) is 2.89. The lowest BCUT2D eigenvalue weighted by Crippen LogP contribution is -2.24. The van der Waals surface area contributed by atoms with Gasteiger partial charge in [-0.05, 0) is 24.0 Å². The molecule has 0 spiro atoms. The van der Waals surface area contributed by atoms with Crippen LogP contribution in [0.4, 0.5) is 10.1 Å². The van der Waals surface area contributed by atoms with Crippen LogP contribution in [0, 0.1) is 11.2 Å². The maximum Gasteiger partial charge on any atom is 0.130 e. The Morgan fingerprint density at radius 2 is 2.19 bits per heavy atom. The van der Waals surface area contributed by atoms with Crippen LogP contribution in [-0.2, 0) is 6.61 Å². The minimum Gasteiger partial charge on any atom is -0.391 e. The molecule has 1 aromatic carbocycles. The second kappa shape index (κ2) is 4.06. The number of aliphatic hydroxyl groups excluding tert-OH is 1. The van der Waals surface area contributed by atoms with Crippen LogP contribution < -0.4 is 4.90 Å². The molecule has 1 aliphatic heterocycles. The first-order valence-corrected chi connectivity index (χ1v) is 5.67. The van der Waals surface area contributed by atoms with Crippen LogP contribution in [0.3, 0.4) is 0 Å². The summed E-state index contributed by atoms with van der Waals surface area (Å²) in [5.41, 5.74) is 1.53. The zero-order valence-electron chi connectivity index (χ0n) is 9.83. The van der Waals surface area contributed by atoms with Gasteiger partial charge in [0.2, 0.25) is 0 Å². The number of aliphatic hydroxyl groups is 1. The van der Waals surface area contributed by atoms with Gasteiger partial charge in [-0.3, -0.25) is 0 Å². The van der Waals surface area contributed by atoms with Crippen molar-refractivity contribution in [2.75, 3.05) is 18.0 Å². The van der Waals surface area contributed by atoms with Gasteiger partial charge in [0, 0.05) is 24.3 Å². The molecule has 0 aliphatic carbocycles. The Hall–Kier alpha value is -1.09. The van der Waals surface area contributed by atoms with Gasteiger partial charge in [-0.1, -0.05) is 19.9 Å². The van der Waals surface area contributed by atoms with Crippen LogP contribution in [0.2, 0.25) is 0 Å². The van der Waals surface area contributed by atoms with Crippen molar-refractivity contribution in [3.05, 3.63) is 29.6 Å². The molecule has 1 saturated heterocycles.